The molecule has 0 aromatic heterocycles. The SMILES string of the molecule is CCC(O)CN1CCCC(C(C)NC)C1. The molecule has 3 unspecified atom stereocenters. The molecule has 1 saturated heterocycles. The average Bonchev–Trinajstić information content (AvgIpc) is 2.28. The summed E-state index contributed by atoms with van der Waals surface area (Å²) in [6, 6.07) is 0.589. The molecular weight excluding hydrogens is 188 g/mol. The quantitative estimate of drug-likeness (QED) is 0.719. The molecule has 0 aliphatic carbocycles. The molecule has 0 bridgehead atoms. The normalized spacial score (nSPS) is 27.6. The molecule has 3 atom stereocenters. The van der Waals surface area contributed by atoms with Crippen LogP contribution in [0.2, 0.25) is 0 Å². The molecule has 15 heavy (non-hydrogen) atoms. The lowest BCUT2D eigenvalue weighted by Gasteiger charge is -2.36. The standard InChI is InChI=1S/C12H26N2O/c1-4-12(15)9-14-7-5-6-11(8-14)10(2)13-3/h10-13,15H,4-9H2,1-3H3. The Morgan fingerprint density at radius 1 is 1.53 bits per heavy atom. The lowest BCUT2D eigenvalue weighted by Crippen LogP contribution is -2.45. The summed E-state index contributed by atoms with van der Waals surface area (Å²) in [6.07, 6.45) is 3.31. The zero-order chi connectivity index (χ0) is 11.3. The van der Waals surface area contributed by atoms with Crippen LogP contribution in [0.25, 0.3) is 0 Å². The summed E-state index contributed by atoms with van der Waals surface area (Å²) in [7, 11) is 2.03. The number of nitrogens with zero attached hydrogens (tertiary/aromatic N) is 1. The fourth-order valence-corrected chi connectivity index (χ4v) is 2.33. The van der Waals surface area contributed by atoms with Gasteiger partial charge in [0.2, 0.25) is 0 Å². The first kappa shape index (κ1) is 12.9. The number of aliphatic hydroxyl groups is 1. The van der Waals surface area contributed by atoms with Crippen molar-refractivity contribution >= 4 is 0 Å². The minimum atomic E-state index is -0.145. The van der Waals surface area contributed by atoms with E-state index in [9.17, 15) is 5.11 Å². The summed E-state index contributed by atoms with van der Waals surface area (Å²) in [4.78, 5) is 2.41. The van der Waals surface area contributed by atoms with Crippen molar-refractivity contribution in [2.45, 2.75) is 45.3 Å². The Morgan fingerprint density at radius 3 is 2.87 bits per heavy atom. The number of rotatable bonds is 5. The van der Waals surface area contributed by atoms with Crippen LogP contribution in [0.5, 0.6) is 0 Å². The van der Waals surface area contributed by atoms with Gasteiger partial charge >= 0.3 is 0 Å². The van der Waals surface area contributed by atoms with Gasteiger partial charge in [0.25, 0.3) is 0 Å². The van der Waals surface area contributed by atoms with Crippen LogP contribution in [0.3, 0.4) is 0 Å². The Labute approximate surface area is 93.9 Å². The highest BCUT2D eigenvalue weighted by Gasteiger charge is 2.24. The second-order valence-corrected chi connectivity index (χ2v) is 4.80. The number of β-amino-alcohol motifs (C(OH)–C–C–N with tert-alkyl or cyclic N) is 1. The Bertz CT molecular complexity index is 175. The van der Waals surface area contributed by atoms with Gasteiger partial charge in [-0.05, 0) is 45.7 Å². The summed E-state index contributed by atoms with van der Waals surface area (Å²) in [5.74, 6) is 0.743. The first-order valence-electron chi connectivity index (χ1n) is 6.25. The fourth-order valence-electron chi connectivity index (χ4n) is 2.33. The van der Waals surface area contributed by atoms with Gasteiger partial charge in [0, 0.05) is 19.1 Å². The number of aliphatic hydroxyl groups excluding tert-OH is 1. The van der Waals surface area contributed by atoms with Gasteiger partial charge in [0.1, 0.15) is 0 Å². The van der Waals surface area contributed by atoms with E-state index in [-0.39, 0.29) is 6.10 Å². The number of hydrogen-bond donors (Lipinski definition) is 2. The van der Waals surface area contributed by atoms with Crippen molar-refractivity contribution in [2.24, 2.45) is 5.92 Å². The Hall–Kier alpha value is -0.120. The van der Waals surface area contributed by atoms with Crippen molar-refractivity contribution in [2.75, 3.05) is 26.7 Å². The van der Waals surface area contributed by atoms with Crippen molar-refractivity contribution in [3.05, 3.63) is 0 Å². The molecule has 3 heteroatoms. The highest BCUT2D eigenvalue weighted by atomic mass is 16.3. The predicted molar refractivity (Wildman–Crippen MR) is 64.0 cm³/mol. The van der Waals surface area contributed by atoms with E-state index in [4.69, 9.17) is 0 Å². The van der Waals surface area contributed by atoms with E-state index in [0.29, 0.717) is 6.04 Å². The first-order chi connectivity index (χ1) is 7.17. The van der Waals surface area contributed by atoms with E-state index < -0.39 is 0 Å². The second-order valence-electron chi connectivity index (χ2n) is 4.80. The van der Waals surface area contributed by atoms with Gasteiger partial charge in [-0.15, -0.1) is 0 Å². The van der Waals surface area contributed by atoms with E-state index in [0.717, 1.165) is 32.0 Å². The molecule has 0 spiro atoms. The minimum Gasteiger partial charge on any atom is -0.392 e. The molecule has 0 saturated carbocycles. The van der Waals surface area contributed by atoms with Gasteiger partial charge in [-0.25, -0.2) is 0 Å². The average molecular weight is 214 g/mol. The summed E-state index contributed by atoms with van der Waals surface area (Å²) >= 11 is 0. The van der Waals surface area contributed by atoms with Gasteiger partial charge in [-0.3, -0.25) is 0 Å². The second kappa shape index (κ2) is 6.46. The molecule has 0 aromatic rings. The highest BCUT2D eigenvalue weighted by Crippen LogP contribution is 2.19. The molecule has 2 N–H and O–H groups in total. The van der Waals surface area contributed by atoms with Crippen LogP contribution < -0.4 is 5.32 Å². The third-order valence-corrected chi connectivity index (χ3v) is 3.64. The molecule has 90 valence electrons. The van der Waals surface area contributed by atoms with E-state index >= 15 is 0 Å². The van der Waals surface area contributed by atoms with E-state index in [1.54, 1.807) is 0 Å². The van der Waals surface area contributed by atoms with Crippen LogP contribution in [0.15, 0.2) is 0 Å². The van der Waals surface area contributed by atoms with Crippen LogP contribution in [-0.2, 0) is 0 Å². The van der Waals surface area contributed by atoms with E-state index in [1.807, 2.05) is 14.0 Å². The zero-order valence-corrected chi connectivity index (χ0v) is 10.4. The smallest absolute Gasteiger partial charge is 0.0664 e. The Morgan fingerprint density at radius 2 is 2.27 bits per heavy atom. The minimum absolute atomic E-state index is 0.145. The van der Waals surface area contributed by atoms with Gasteiger partial charge in [-0.1, -0.05) is 6.92 Å². The van der Waals surface area contributed by atoms with E-state index in [1.165, 1.54) is 12.8 Å². The predicted octanol–water partition coefficient (Wildman–Crippen LogP) is 1.08. The lowest BCUT2D eigenvalue weighted by molar-refractivity contribution is 0.0758. The third-order valence-electron chi connectivity index (χ3n) is 3.64. The van der Waals surface area contributed by atoms with Crippen LogP contribution >= 0.6 is 0 Å². The largest absolute Gasteiger partial charge is 0.392 e. The van der Waals surface area contributed by atoms with Crippen LogP contribution in [-0.4, -0.2) is 48.8 Å². The topological polar surface area (TPSA) is 35.5 Å². The Balaban J connectivity index is 2.35. The third kappa shape index (κ3) is 4.09. The Kier molecular flexibility index (Phi) is 5.58. The zero-order valence-electron chi connectivity index (χ0n) is 10.4. The summed E-state index contributed by atoms with van der Waals surface area (Å²) in [5.41, 5.74) is 0. The van der Waals surface area contributed by atoms with Gasteiger partial charge < -0.3 is 15.3 Å². The molecule has 0 aromatic carbocycles. The monoisotopic (exact) mass is 214 g/mol. The van der Waals surface area contributed by atoms with Crippen molar-refractivity contribution in [3.63, 3.8) is 0 Å². The summed E-state index contributed by atoms with van der Waals surface area (Å²) < 4.78 is 0. The van der Waals surface area contributed by atoms with Crippen molar-refractivity contribution < 1.29 is 5.11 Å². The number of likely N-dealkylation sites (tertiary alicyclic amines) is 1. The maximum atomic E-state index is 9.63. The molecule has 1 heterocycles. The van der Waals surface area contributed by atoms with Gasteiger partial charge in [0.15, 0.2) is 0 Å². The molecule has 3 nitrogen and oxygen atoms in total. The molecule has 1 rings (SSSR count). The number of piperidine rings is 1. The highest BCUT2D eigenvalue weighted by molar-refractivity contribution is 4.80. The van der Waals surface area contributed by atoms with E-state index in [2.05, 4.69) is 17.1 Å². The first-order valence-corrected chi connectivity index (χ1v) is 6.25. The lowest BCUT2D eigenvalue weighted by atomic mass is 9.91. The van der Waals surface area contributed by atoms with Crippen molar-refractivity contribution in [1.29, 1.82) is 0 Å². The molecule has 0 radical (unpaired) electrons. The molecular formula is C12H26N2O. The van der Waals surface area contributed by atoms with Gasteiger partial charge in [0.05, 0.1) is 6.10 Å². The van der Waals surface area contributed by atoms with Crippen LogP contribution in [0.1, 0.15) is 33.1 Å². The van der Waals surface area contributed by atoms with Crippen LogP contribution in [0, 0.1) is 5.92 Å². The maximum Gasteiger partial charge on any atom is 0.0664 e. The van der Waals surface area contributed by atoms with Gasteiger partial charge in [-0.2, -0.15) is 0 Å². The molecule has 0 amide bonds. The summed E-state index contributed by atoms with van der Waals surface area (Å²) in [5, 5.41) is 13.0. The molecule has 1 aliphatic heterocycles. The van der Waals surface area contributed by atoms with Crippen LogP contribution in [0.4, 0.5) is 0 Å². The maximum absolute atomic E-state index is 9.63. The number of nitrogens with one attached hydrogen (secondary N) is 1. The number of hydrogen-bond acceptors (Lipinski definition) is 3. The summed E-state index contributed by atoms with van der Waals surface area (Å²) in [6.45, 7) is 7.44. The van der Waals surface area contributed by atoms with Crippen molar-refractivity contribution in [3.8, 4) is 0 Å². The molecule has 1 fully saturated rings. The fraction of sp³-hybridized carbons (Fsp3) is 1.00. The van der Waals surface area contributed by atoms with Crippen molar-refractivity contribution in [1.82, 2.24) is 10.2 Å². The molecule has 1 aliphatic rings.